The van der Waals surface area contributed by atoms with Gasteiger partial charge in [-0.2, -0.15) is 0 Å². The zero-order valence-corrected chi connectivity index (χ0v) is 36.4. The van der Waals surface area contributed by atoms with Crippen LogP contribution in [0.2, 0.25) is 0 Å². The standard InChI is InChI=1S/C43H84NO12P/c1-3-5-7-9-11-13-15-17-18-19-21-23-25-27-29-31-36(46)35(33-55-57(53,54)56-43-41(51)39(49)38(48)40(50)42(43)52)44-37(47)32-34(45)30-28-26-24-22-20-16-14-12-10-8-6-4-2/h29,31,34-36,38-43,45-46,48-52H,3-28,30,32-33H2,1-2H3,(H,44,47)(H,53,54)/b31-29+. The molecule has 0 heterocycles. The van der Waals surface area contributed by atoms with Crippen LogP contribution in [0.3, 0.4) is 0 Å². The summed E-state index contributed by atoms with van der Waals surface area (Å²) in [6.45, 7) is 3.73. The van der Waals surface area contributed by atoms with E-state index in [1.165, 1.54) is 122 Å². The summed E-state index contributed by atoms with van der Waals surface area (Å²) in [5.74, 6) is -0.592. The Morgan fingerprint density at radius 2 is 1.00 bits per heavy atom. The minimum Gasteiger partial charge on any atom is -0.393 e. The summed E-state index contributed by atoms with van der Waals surface area (Å²) in [6.07, 6.45) is 20.2. The molecule has 1 saturated carbocycles. The molecule has 1 aliphatic carbocycles. The monoisotopic (exact) mass is 838 g/mol. The lowest BCUT2D eigenvalue weighted by molar-refractivity contribution is -0.220. The number of carbonyl (C=O) groups excluding carboxylic acids is 1. The van der Waals surface area contributed by atoms with E-state index >= 15 is 0 Å². The molecule has 0 saturated heterocycles. The first-order chi connectivity index (χ1) is 27.3. The van der Waals surface area contributed by atoms with E-state index in [0.29, 0.717) is 12.8 Å². The Kier molecular flexibility index (Phi) is 32.0. The molecule has 13 nitrogen and oxygen atoms in total. The summed E-state index contributed by atoms with van der Waals surface area (Å²) >= 11 is 0. The van der Waals surface area contributed by atoms with Gasteiger partial charge in [0.15, 0.2) is 0 Å². The van der Waals surface area contributed by atoms with Gasteiger partial charge in [-0.25, -0.2) is 4.57 Å². The fourth-order valence-corrected chi connectivity index (χ4v) is 8.33. The number of aliphatic hydroxyl groups excluding tert-OH is 7. The van der Waals surface area contributed by atoms with Gasteiger partial charge in [0.2, 0.25) is 5.91 Å². The van der Waals surface area contributed by atoms with Crippen LogP contribution in [0.1, 0.15) is 194 Å². The first-order valence-electron chi connectivity index (χ1n) is 22.7. The molecule has 0 spiro atoms. The summed E-state index contributed by atoms with van der Waals surface area (Å²) < 4.78 is 22.8. The van der Waals surface area contributed by atoms with Crippen LogP contribution in [0.4, 0.5) is 0 Å². The van der Waals surface area contributed by atoms with Gasteiger partial charge in [0, 0.05) is 0 Å². The molecule has 9 N–H and O–H groups in total. The highest BCUT2D eigenvalue weighted by atomic mass is 31.2. The van der Waals surface area contributed by atoms with E-state index in [0.717, 1.165) is 44.9 Å². The average molecular weight is 838 g/mol. The van der Waals surface area contributed by atoms with Gasteiger partial charge in [-0.3, -0.25) is 13.8 Å². The minimum absolute atomic E-state index is 0.240. The number of hydrogen-bond acceptors (Lipinski definition) is 11. The predicted molar refractivity (Wildman–Crippen MR) is 224 cm³/mol. The summed E-state index contributed by atoms with van der Waals surface area (Å²) in [5.41, 5.74) is 0. The number of phosphoric ester groups is 1. The van der Waals surface area contributed by atoms with Crippen LogP contribution in [-0.4, -0.2) is 108 Å². The third-order valence-electron chi connectivity index (χ3n) is 11.1. The van der Waals surface area contributed by atoms with Crippen LogP contribution >= 0.6 is 7.82 Å². The maximum Gasteiger partial charge on any atom is 0.472 e. The molecule has 0 bridgehead atoms. The molecule has 1 amide bonds. The number of hydrogen-bond donors (Lipinski definition) is 9. The van der Waals surface area contributed by atoms with Gasteiger partial charge in [-0.1, -0.05) is 180 Å². The third kappa shape index (κ3) is 26.1. The van der Waals surface area contributed by atoms with Crippen molar-refractivity contribution < 1.29 is 59.0 Å². The molecule has 1 fully saturated rings. The van der Waals surface area contributed by atoms with Crippen molar-refractivity contribution in [2.45, 2.75) is 249 Å². The fraction of sp³-hybridized carbons (Fsp3) is 0.930. The number of phosphoric acid groups is 1. The van der Waals surface area contributed by atoms with Crippen molar-refractivity contribution >= 4 is 13.7 Å². The second-order valence-electron chi connectivity index (χ2n) is 16.4. The molecule has 0 aliphatic heterocycles. The molecule has 8 unspecified atom stereocenters. The Hall–Kier alpha value is -0.960. The van der Waals surface area contributed by atoms with Crippen molar-refractivity contribution in [1.82, 2.24) is 5.32 Å². The first-order valence-corrected chi connectivity index (χ1v) is 24.2. The number of allylic oxidation sites excluding steroid dienone is 1. The summed E-state index contributed by atoms with van der Waals surface area (Å²) in [7, 11) is -5.13. The van der Waals surface area contributed by atoms with Crippen molar-refractivity contribution in [3.63, 3.8) is 0 Å². The van der Waals surface area contributed by atoms with Crippen molar-refractivity contribution in [2.24, 2.45) is 0 Å². The zero-order valence-electron chi connectivity index (χ0n) is 35.5. The summed E-state index contributed by atoms with van der Waals surface area (Å²) in [5, 5.41) is 74.3. The molecule has 1 rings (SSSR count). The second-order valence-corrected chi connectivity index (χ2v) is 17.9. The molecule has 0 aromatic rings. The summed E-state index contributed by atoms with van der Waals surface area (Å²) in [6, 6.07) is -1.23. The Labute approximate surface area is 344 Å². The largest absolute Gasteiger partial charge is 0.472 e. The van der Waals surface area contributed by atoms with Crippen LogP contribution in [0.5, 0.6) is 0 Å². The van der Waals surface area contributed by atoms with Crippen molar-refractivity contribution in [3.8, 4) is 0 Å². The lowest BCUT2D eigenvalue weighted by atomic mass is 9.85. The second kappa shape index (κ2) is 33.7. The normalized spacial score (nSPS) is 24.0. The van der Waals surface area contributed by atoms with E-state index < -0.39 is 75.2 Å². The molecule has 8 atom stereocenters. The van der Waals surface area contributed by atoms with Crippen LogP contribution in [0, 0.1) is 0 Å². The van der Waals surface area contributed by atoms with Crippen molar-refractivity contribution in [2.75, 3.05) is 6.61 Å². The number of nitrogens with one attached hydrogen (secondary N) is 1. The maximum atomic E-state index is 13.0. The van der Waals surface area contributed by atoms with Crippen LogP contribution in [0.15, 0.2) is 12.2 Å². The molecule has 0 aromatic heterocycles. The summed E-state index contributed by atoms with van der Waals surface area (Å²) in [4.78, 5) is 23.4. The van der Waals surface area contributed by atoms with Gasteiger partial charge in [0.25, 0.3) is 0 Å². The Bertz CT molecular complexity index is 1040. The highest BCUT2D eigenvalue weighted by molar-refractivity contribution is 7.47. The van der Waals surface area contributed by atoms with Gasteiger partial charge in [-0.15, -0.1) is 0 Å². The highest BCUT2D eigenvalue weighted by Crippen LogP contribution is 2.47. The minimum atomic E-state index is -5.13. The van der Waals surface area contributed by atoms with Crippen LogP contribution in [0.25, 0.3) is 0 Å². The van der Waals surface area contributed by atoms with E-state index in [1.807, 2.05) is 0 Å². The average Bonchev–Trinajstić information content (AvgIpc) is 3.18. The van der Waals surface area contributed by atoms with E-state index in [2.05, 4.69) is 19.2 Å². The number of carbonyl (C=O) groups is 1. The van der Waals surface area contributed by atoms with E-state index in [9.17, 15) is 50.0 Å². The van der Waals surface area contributed by atoms with Gasteiger partial charge in [-0.05, 0) is 19.3 Å². The fourth-order valence-electron chi connectivity index (χ4n) is 7.36. The number of rotatable bonds is 37. The Balaban J connectivity index is 2.58. The quantitative estimate of drug-likeness (QED) is 0.0175. The lowest BCUT2D eigenvalue weighted by Gasteiger charge is -2.41. The molecule has 0 radical (unpaired) electrons. The highest BCUT2D eigenvalue weighted by Gasteiger charge is 2.51. The molecular weight excluding hydrogens is 753 g/mol. The lowest BCUT2D eigenvalue weighted by Crippen LogP contribution is -2.64. The smallest absolute Gasteiger partial charge is 0.393 e. The third-order valence-corrected chi connectivity index (χ3v) is 12.1. The Morgan fingerprint density at radius 3 is 1.44 bits per heavy atom. The van der Waals surface area contributed by atoms with E-state index in [-0.39, 0.29) is 6.42 Å². The van der Waals surface area contributed by atoms with Crippen LogP contribution < -0.4 is 5.32 Å². The van der Waals surface area contributed by atoms with E-state index in [4.69, 9.17) is 9.05 Å². The van der Waals surface area contributed by atoms with Gasteiger partial charge >= 0.3 is 7.82 Å². The molecule has 14 heteroatoms. The molecule has 0 aromatic carbocycles. The SMILES string of the molecule is CCCCCCCCCCCCCCC/C=C/C(O)C(COP(=O)(O)OC1C(O)C(O)C(O)C(O)C1O)NC(=O)CC(O)CCCCCCCCCCCCCC. The van der Waals surface area contributed by atoms with Crippen molar-refractivity contribution in [3.05, 3.63) is 12.2 Å². The van der Waals surface area contributed by atoms with E-state index in [1.54, 1.807) is 6.08 Å². The van der Waals surface area contributed by atoms with Gasteiger partial charge in [0.1, 0.15) is 36.6 Å². The molecular formula is C43H84NO12P. The Morgan fingerprint density at radius 1 is 0.614 bits per heavy atom. The topological polar surface area (TPSA) is 226 Å². The number of amides is 1. The number of unbranched alkanes of at least 4 members (excludes halogenated alkanes) is 24. The first kappa shape index (κ1) is 54.1. The zero-order chi connectivity index (χ0) is 42.3. The van der Waals surface area contributed by atoms with Gasteiger partial charge < -0.3 is 46.0 Å². The maximum absolute atomic E-state index is 13.0. The molecule has 1 aliphatic rings. The molecule has 57 heavy (non-hydrogen) atoms. The van der Waals surface area contributed by atoms with Crippen LogP contribution in [-0.2, 0) is 18.4 Å². The molecule has 338 valence electrons. The van der Waals surface area contributed by atoms with Crippen molar-refractivity contribution in [1.29, 1.82) is 0 Å². The van der Waals surface area contributed by atoms with Gasteiger partial charge in [0.05, 0.1) is 31.3 Å². The number of aliphatic hydroxyl groups is 7. The predicted octanol–water partition coefficient (Wildman–Crippen LogP) is 7.03.